The van der Waals surface area contributed by atoms with Crippen molar-refractivity contribution >= 4 is 17.1 Å². The minimum atomic E-state index is 0. The fourth-order valence-corrected chi connectivity index (χ4v) is 2.56. The second kappa shape index (κ2) is 18.2. The van der Waals surface area contributed by atoms with Crippen LogP contribution in [0.5, 0.6) is 0 Å². The van der Waals surface area contributed by atoms with Gasteiger partial charge in [-0.2, -0.15) is 29.4 Å². The molecule has 2 aromatic rings. The molecule has 2 rings (SSSR count). The Bertz CT molecular complexity index is 704. The van der Waals surface area contributed by atoms with Crippen LogP contribution in [0.2, 0.25) is 0 Å². The summed E-state index contributed by atoms with van der Waals surface area (Å²) in [5.41, 5.74) is 2.54. The number of aliphatic hydroxyl groups is 2. The summed E-state index contributed by atoms with van der Waals surface area (Å²) in [7, 11) is 0. The number of rotatable bonds is 16. The maximum atomic E-state index is 8.87. The van der Waals surface area contributed by atoms with E-state index in [-0.39, 0.29) is 42.8 Å². The zero-order valence-corrected chi connectivity index (χ0v) is 20.2. The predicted molar refractivity (Wildman–Crippen MR) is 115 cm³/mol. The van der Waals surface area contributed by atoms with Crippen molar-refractivity contribution in [1.82, 2.24) is 0 Å². The first-order valence-electron chi connectivity index (χ1n) is 10.0. The molecule has 0 atom stereocenters. The SMILES string of the molecule is OCCOCCOCCN(CCOCCO)c1ccc(N=Nc2c[c-]ccc2)cc1.[Na+]. The van der Waals surface area contributed by atoms with Crippen LogP contribution in [0.1, 0.15) is 0 Å². The molecule has 8 nitrogen and oxygen atoms in total. The van der Waals surface area contributed by atoms with Crippen molar-refractivity contribution in [2.45, 2.75) is 0 Å². The van der Waals surface area contributed by atoms with Crippen LogP contribution in [0.25, 0.3) is 0 Å². The summed E-state index contributed by atoms with van der Waals surface area (Å²) in [6.45, 7) is 4.00. The average Bonchev–Trinajstić information content (AvgIpc) is 2.79. The van der Waals surface area contributed by atoms with Gasteiger partial charge in [0.1, 0.15) is 0 Å². The fourth-order valence-electron chi connectivity index (χ4n) is 2.56. The Kier molecular flexibility index (Phi) is 16.3. The summed E-state index contributed by atoms with van der Waals surface area (Å²) in [4.78, 5) is 2.15. The number of azo groups is 1. The number of ether oxygens (including phenoxy) is 3. The normalized spacial score (nSPS) is 10.9. The molecule has 0 aromatic heterocycles. The molecule has 0 spiro atoms. The van der Waals surface area contributed by atoms with E-state index >= 15 is 0 Å². The number of nitrogens with zero attached hydrogens (tertiary/aromatic N) is 3. The van der Waals surface area contributed by atoms with E-state index in [0.717, 1.165) is 17.1 Å². The monoisotopic (exact) mass is 439 g/mol. The van der Waals surface area contributed by atoms with Crippen molar-refractivity contribution in [3.63, 3.8) is 0 Å². The van der Waals surface area contributed by atoms with Gasteiger partial charge in [0.25, 0.3) is 0 Å². The molecule has 9 heteroatoms. The van der Waals surface area contributed by atoms with Crippen LogP contribution in [-0.4, -0.2) is 76.2 Å². The van der Waals surface area contributed by atoms with Crippen molar-refractivity contribution in [2.24, 2.45) is 10.2 Å². The van der Waals surface area contributed by atoms with E-state index < -0.39 is 0 Å². The third kappa shape index (κ3) is 12.3. The summed E-state index contributed by atoms with van der Waals surface area (Å²) in [5.74, 6) is 0. The first-order valence-corrected chi connectivity index (χ1v) is 10.0. The molecule has 2 aromatic carbocycles. The third-order valence-electron chi connectivity index (χ3n) is 4.04. The Morgan fingerprint density at radius 2 is 1.32 bits per heavy atom. The van der Waals surface area contributed by atoms with E-state index in [9.17, 15) is 0 Å². The van der Waals surface area contributed by atoms with E-state index in [1.165, 1.54) is 0 Å². The molecule has 0 fully saturated rings. The van der Waals surface area contributed by atoms with Crippen molar-refractivity contribution in [1.29, 1.82) is 0 Å². The molecule has 2 N–H and O–H groups in total. The quantitative estimate of drug-likeness (QED) is 0.162. The van der Waals surface area contributed by atoms with Crippen LogP contribution in [0, 0.1) is 6.07 Å². The summed E-state index contributed by atoms with van der Waals surface area (Å²) in [5, 5.41) is 26.0. The van der Waals surface area contributed by atoms with Gasteiger partial charge in [-0.05, 0) is 30.0 Å². The van der Waals surface area contributed by atoms with Gasteiger partial charge in [-0.1, -0.05) is 0 Å². The molecule has 31 heavy (non-hydrogen) atoms. The van der Waals surface area contributed by atoms with Gasteiger partial charge < -0.3 is 29.3 Å². The Morgan fingerprint density at radius 3 is 1.90 bits per heavy atom. The van der Waals surface area contributed by atoms with Gasteiger partial charge in [0.05, 0.1) is 58.5 Å². The molecule has 0 radical (unpaired) electrons. The number of benzene rings is 2. The Labute approximate surface area is 206 Å². The van der Waals surface area contributed by atoms with Crippen molar-refractivity contribution in [3.8, 4) is 0 Å². The maximum Gasteiger partial charge on any atom is 1.00 e. The molecule has 0 saturated heterocycles. The van der Waals surface area contributed by atoms with Crippen molar-refractivity contribution in [2.75, 3.05) is 70.8 Å². The van der Waals surface area contributed by atoms with Crippen LogP contribution in [0.3, 0.4) is 0 Å². The number of hydrogen-bond donors (Lipinski definition) is 2. The van der Waals surface area contributed by atoms with Crippen LogP contribution in [0.15, 0.2) is 58.8 Å². The first kappa shape index (κ1) is 27.7. The molecule has 0 aliphatic heterocycles. The van der Waals surface area contributed by atoms with Crippen molar-refractivity contribution in [3.05, 3.63) is 54.6 Å². The minimum Gasteiger partial charge on any atom is -0.394 e. The van der Waals surface area contributed by atoms with E-state index in [1.807, 2.05) is 42.5 Å². The van der Waals surface area contributed by atoms with Gasteiger partial charge in [-0.15, -0.1) is 6.07 Å². The first-order chi connectivity index (χ1) is 14.8. The zero-order valence-electron chi connectivity index (χ0n) is 18.2. The van der Waals surface area contributed by atoms with Crippen LogP contribution < -0.4 is 34.5 Å². The van der Waals surface area contributed by atoms with Crippen LogP contribution in [-0.2, 0) is 14.2 Å². The molecule has 0 heterocycles. The van der Waals surface area contributed by atoms with Crippen LogP contribution >= 0.6 is 0 Å². The van der Waals surface area contributed by atoms with Gasteiger partial charge in [0.2, 0.25) is 0 Å². The van der Waals surface area contributed by atoms with E-state index in [1.54, 1.807) is 6.07 Å². The number of aliphatic hydroxyl groups excluding tert-OH is 2. The van der Waals surface area contributed by atoms with E-state index in [2.05, 4.69) is 21.2 Å². The predicted octanol–water partition coefficient (Wildman–Crippen LogP) is -0.253. The molecular formula is C22H30N3NaO5. The average molecular weight is 439 g/mol. The Hall–Kier alpha value is -1.36. The topological polar surface area (TPSA) is 96.1 Å². The van der Waals surface area contributed by atoms with Gasteiger partial charge >= 0.3 is 29.6 Å². The van der Waals surface area contributed by atoms with E-state index in [4.69, 9.17) is 24.4 Å². The molecule has 164 valence electrons. The summed E-state index contributed by atoms with van der Waals surface area (Å²) in [6.07, 6.45) is 0. The summed E-state index contributed by atoms with van der Waals surface area (Å²) >= 11 is 0. The number of anilines is 1. The number of hydrogen-bond acceptors (Lipinski definition) is 8. The molecule has 0 bridgehead atoms. The smallest absolute Gasteiger partial charge is 0.394 e. The molecular weight excluding hydrogens is 409 g/mol. The van der Waals surface area contributed by atoms with Gasteiger partial charge in [-0.3, -0.25) is 0 Å². The molecule has 0 unspecified atom stereocenters. The molecule has 0 amide bonds. The Balaban J connectivity index is 0.00000480. The van der Waals surface area contributed by atoms with Crippen molar-refractivity contribution < 1.29 is 54.0 Å². The third-order valence-corrected chi connectivity index (χ3v) is 4.04. The Morgan fingerprint density at radius 1 is 0.742 bits per heavy atom. The van der Waals surface area contributed by atoms with E-state index in [0.29, 0.717) is 52.7 Å². The standard InChI is InChI=1S/C22H30N3O5.Na/c26-12-16-28-14-10-25(11-15-29-18-19-30-17-13-27)22-8-6-21(7-9-22)24-23-20-4-2-1-3-5-20;/h1-2,4-9,26-27H,10-19H2;/q-1;+1. The minimum absolute atomic E-state index is 0. The molecule has 0 saturated carbocycles. The molecule has 0 aliphatic carbocycles. The second-order valence-corrected chi connectivity index (χ2v) is 6.25. The second-order valence-electron chi connectivity index (χ2n) is 6.25. The molecule has 0 aliphatic rings. The zero-order chi connectivity index (χ0) is 21.3. The van der Waals surface area contributed by atoms with Gasteiger partial charge in [-0.25, -0.2) is 5.11 Å². The van der Waals surface area contributed by atoms with Gasteiger partial charge in [0, 0.05) is 18.8 Å². The maximum absolute atomic E-state index is 8.87. The summed E-state index contributed by atoms with van der Waals surface area (Å²) in [6, 6.07) is 18.1. The van der Waals surface area contributed by atoms with Gasteiger partial charge in [0.15, 0.2) is 0 Å². The fraction of sp³-hybridized carbons (Fsp3) is 0.455. The van der Waals surface area contributed by atoms with Crippen LogP contribution in [0.4, 0.5) is 17.1 Å². The largest absolute Gasteiger partial charge is 1.00 e. The summed E-state index contributed by atoms with van der Waals surface area (Å²) < 4.78 is 16.2.